The minimum absolute atomic E-state index is 0.334. The van der Waals surface area contributed by atoms with Gasteiger partial charge in [-0.05, 0) is 36.8 Å². The number of ether oxygens (including phenoxy) is 1. The van der Waals surface area contributed by atoms with Crippen LogP contribution in [-0.2, 0) is 11.3 Å². The van der Waals surface area contributed by atoms with Gasteiger partial charge in [0, 0.05) is 26.0 Å². The standard InChI is InChI=1S/C16H19N3O2/c1-3-21-16(20)13-5-4-6-14(17)15(13)19(2)11-12-7-9-18-10-8-12/h4-10H,3,11,17H2,1-2H3. The second-order valence-corrected chi connectivity index (χ2v) is 4.68. The fourth-order valence-corrected chi connectivity index (χ4v) is 2.20. The van der Waals surface area contributed by atoms with Crippen molar-refractivity contribution in [2.24, 2.45) is 0 Å². The molecule has 5 heteroatoms. The Morgan fingerprint density at radius 1 is 1.29 bits per heavy atom. The predicted octanol–water partition coefficient (Wildman–Crippen LogP) is 2.48. The average Bonchev–Trinajstić information content (AvgIpc) is 2.48. The molecule has 0 spiro atoms. The zero-order chi connectivity index (χ0) is 15.2. The summed E-state index contributed by atoms with van der Waals surface area (Å²) in [7, 11) is 1.90. The molecule has 1 aromatic carbocycles. The van der Waals surface area contributed by atoms with Gasteiger partial charge in [-0.2, -0.15) is 0 Å². The van der Waals surface area contributed by atoms with E-state index in [4.69, 9.17) is 10.5 Å². The van der Waals surface area contributed by atoms with Crippen molar-refractivity contribution in [2.45, 2.75) is 13.5 Å². The zero-order valence-corrected chi connectivity index (χ0v) is 12.2. The fraction of sp³-hybridized carbons (Fsp3) is 0.250. The number of hydrogen-bond acceptors (Lipinski definition) is 5. The number of carbonyl (C=O) groups excluding carboxylic acids is 1. The van der Waals surface area contributed by atoms with Gasteiger partial charge < -0.3 is 15.4 Å². The van der Waals surface area contributed by atoms with E-state index in [0.717, 1.165) is 5.56 Å². The summed E-state index contributed by atoms with van der Waals surface area (Å²) in [6.45, 7) is 2.74. The quantitative estimate of drug-likeness (QED) is 0.675. The number of nitrogens with two attached hydrogens (primary N) is 1. The van der Waals surface area contributed by atoms with Gasteiger partial charge in [0.05, 0.1) is 23.5 Å². The first kappa shape index (κ1) is 14.8. The molecule has 1 heterocycles. The summed E-state index contributed by atoms with van der Waals surface area (Å²) >= 11 is 0. The number of hydrogen-bond donors (Lipinski definition) is 1. The minimum atomic E-state index is -0.360. The Morgan fingerprint density at radius 2 is 2.00 bits per heavy atom. The first-order valence-electron chi connectivity index (χ1n) is 6.79. The van der Waals surface area contributed by atoms with E-state index in [-0.39, 0.29) is 5.97 Å². The molecule has 0 amide bonds. The summed E-state index contributed by atoms with van der Waals surface area (Å²) in [6, 6.07) is 9.12. The highest BCUT2D eigenvalue weighted by atomic mass is 16.5. The highest BCUT2D eigenvalue weighted by Gasteiger charge is 2.18. The normalized spacial score (nSPS) is 10.2. The third-order valence-corrected chi connectivity index (χ3v) is 3.11. The van der Waals surface area contributed by atoms with E-state index in [0.29, 0.717) is 30.1 Å². The summed E-state index contributed by atoms with van der Waals surface area (Å²) in [5.74, 6) is -0.360. The summed E-state index contributed by atoms with van der Waals surface area (Å²) in [4.78, 5) is 18.0. The van der Waals surface area contributed by atoms with Crippen molar-refractivity contribution in [2.75, 3.05) is 24.3 Å². The number of rotatable bonds is 5. The van der Waals surface area contributed by atoms with E-state index >= 15 is 0 Å². The number of anilines is 2. The van der Waals surface area contributed by atoms with Crippen LogP contribution < -0.4 is 10.6 Å². The van der Waals surface area contributed by atoms with Gasteiger partial charge in [-0.25, -0.2) is 4.79 Å². The van der Waals surface area contributed by atoms with Gasteiger partial charge >= 0.3 is 5.97 Å². The Morgan fingerprint density at radius 3 is 2.67 bits per heavy atom. The Bertz CT molecular complexity index is 614. The lowest BCUT2D eigenvalue weighted by Gasteiger charge is -2.23. The largest absolute Gasteiger partial charge is 0.462 e. The number of benzene rings is 1. The second-order valence-electron chi connectivity index (χ2n) is 4.68. The molecule has 0 saturated carbocycles. The molecule has 1 aromatic heterocycles. The van der Waals surface area contributed by atoms with Crippen molar-refractivity contribution < 1.29 is 9.53 Å². The SMILES string of the molecule is CCOC(=O)c1cccc(N)c1N(C)Cc1ccncc1. The van der Waals surface area contributed by atoms with Gasteiger partial charge in [-0.15, -0.1) is 0 Å². The lowest BCUT2D eigenvalue weighted by molar-refractivity contribution is 0.0527. The number of aromatic nitrogens is 1. The molecule has 0 aliphatic rings. The molecule has 2 N–H and O–H groups in total. The van der Waals surface area contributed by atoms with Crippen molar-refractivity contribution in [3.8, 4) is 0 Å². The maximum absolute atomic E-state index is 12.1. The maximum atomic E-state index is 12.1. The average molecular weight is 285 g/mol. The Kier molecular flexibility index (Phi) is 4.77. The molecule has 0 unspecified atom stereocenters. The first-order valence-corrected chi connectivity index (χ1v) is 6.79. The van der Waals surface area contributed by atoms with Gasteiger partial charge in [0.25, 0.3) is 0 Å². The van der Waals surface area contributed by atoms with Gasteiger partial charge in [0.15, 0.2) is 0 Å². The summed E-state index contributed by atoms with van der Waals surface area (Å²) < 4.78 is 5.09. The first-order chi connectivity index (χ1) is 10.1. The van der Waals surface area contributed by atoms with E-state index in [9.17, 15) is 4.79 Å². The van der Waals surface area contributed by atoms with Crippen LogP contribution >= 0.6 is 0 Å². The molecular weight excluding hydrogens is 266 g/mol. The molecule has 0 atom stereocenters. The van der Waals surface area contributed by atoms with Crippen LogP contribution in [0.3, 0.4) is 0 Å². The molecule has 0 fully saturated rings. The molecule has 2 aromatic rings. The molecule has 0 radical (unpaired) electrons. The van der Waals surface area contributed by atoms with E-state index in [2.05, 4.69) is 4.98 Å². The van der Waals surface area contributed by atoms with Crippen LogP contribution in [0.15, 0.2) is 42.7 Å². The van der Waals surface area contributed by atoms with Crippen LogP contribution in [0.1, 0.15) is 22.8 Å². The highest BCUT2D eigenvalue weighted by Crippen LogP contribution is 2.28. The topological polar surface area (TPSA) is 68.5 Å². The van der Waals surface area contributed by atoms with Gasteiger partial charge in [0.2, 0.25) is 0 Å². The van der Waals surface area contributed by atoms with E-state index < -0.39 is 0 Å². The third-order valence-electron chi connectivity index (χ3n) is 3.11. The van der Waals surface area contributed by atoms with Crippen molar-refractivity contribution in [1.29, 1.82) is 0 Å². The van der Waals surface area contributed by atoms with Crippen molar-refractivity contribution >= 4 is 17.3 Å². The van der Waals surface area contributed by atoms with Gasteiger partial charge in [-0.3, -0.25) is 4.98 Å². The lowest BCUT2D eigenvalue weighted by Crippen LogP contribution is -2.21. The molecule has 0 aliphatic carbocycles. The van der Waals surface area contributed by atoms with E-state index in [1.165, 1.54) is 0 Å². The van der Waals surface area contributed by atoms with Crippen molar-refractivity contribution in [1.82, 2.24) is 4.98 Å². The Balaban J connectivity index is 2.31. The van der Waals surface area contributed by atoms with E-state index in [1.54, 1.807) is 37.5 Å². The second kappa shape index (κ2) is 6.74. The van der Waals surface area contributed by atoms with Crippen LogP contribution in [0, 0.1) is 0 Å². The van der Waals surface area contributed by atoms with Crippen molar-refractivity contribution in [3.05, 3.63) is 53.9 Å². The van der Waals surface area contributed by atoms with Crippen LogP contribution in [0.2, 0.25) is 0 Å². The Hall–Kier alpha value is -2.56. The van der Waals surface area contributed by atoms with Crippen LogP contribution in [0.25, 0.3) is 0 Å². The number of pyridine rings is 1. The maximum Gasteiger partial charge on any atom is 0.340 e. The Labute approximate surface area is 124 Å². The predicted molar refractivity (Wildman–Crippen MR) is 83.2 cm³/mol. The van der Waals surface area contributed by atoms with E-state index in [1.807, 2.05) is 24.1 Å². The lowest BCUT2D eigenvalue weighted by atomic mass is 10.1. The van der Waals surface area contributed by atoms with Gasteiger partial charge in [0.1, 0.15) is 0 Å². The molecule has 0 aliphatic heterocycles. The van der Waals surface area contributed by atoms with Crippen LogP contribution in [0.5, 0.6) is 0 Å². The summed E-state index contributed by atoms with van der Waals surface area (Å²) in [6.07, 6.45) is 3.48. The summed E-state index contributed by atoms with van der Waals surface area (Å²) in [5, 5.41) is 0. The van der Waals surface area contributed by atoms with Crippen LogP contribution in [0.4, 0.5) is 11.4 Å². The fourth-order valence-electron chi connectivity index (χ4n) is 2.20. The molecule has 0 saturated heterocycles. The molecule has 110 valence electrons. The molecular formula is C16H19N3O2. The number of nitrogens with zero attached hydrogens (tertiary/aromatic N) is 2. The summed E-state index contributed by atoms with van der Waals surface area (Å²) in [5.41, 5.74) is 8.86. The molecule has 5 nitrogen and oxygen atoms in total. The van der Waals surface area contributed by atoms with Crippen molar-refractivity contribution in [3.63, 3.8) is 0 Å². The minimum Gasteiger partial charge on any atom is -0.462 e. The molecule has 0 bridgehead atoms. The number of esters is 1. The molecule has 21 heavy (non-hydrogen) atoms. The zero-order valence-electron chi connectivity index (χ0n) is 12.2. The smallest absolute Gasteiger partial charge is 0.340 e. The number of para-hydroxylation sites is 1. The highest BCUT2D eigenvalue weighted by molar-refractivity contribution is 5.99. The van der Waals surface area contributed by atoms with Gasteiger partial charge in [-0.1, -0.05) is 6.07 Å². The molecule has 2 rings (SSSR count). The number of carbonyl (C=O) groups is 1. The number of nitrogen functional groups attached to an aromatic ring is 1. The third kappa shape index (κ3) is 3.51. The van der Waals surface area contributed by atoms with Crippen LogP contribution in [-0.4, -0.2) is 24.6 Å². The monoisotopic (exact) mass is 285 g/mol.